The molecule has 1 atom stereocenters. The summed E-state index contributed by atoms with van der Waals surface area (Å²) in [4.78, 5) is 10.2. The molecule has 0 aliphatic carbocycles. The number of primary amides is 1. The summed E-state index contributed by atoms with van der Waals surface area (Å²) in [7, 11) is 0. The van der Waals surface area contributed by atoms with Crippen molar-refractivity contribution < 1.29 is 14.3 Å². The Balaban J connectivity index is 1.82. The highest BCUT2D eigenvalue weighted by Gasteiger charge is 2.14. The lowest BCUT2D eigenvalue weighted by atomic mass is 10.2. The third kappa shape index (κ3) is 5.34. The molecule has 1 aliphatic heterocycles. The Morgan fingerprint density at radius 3 is 3.14 bits per heavy atom. The van der Waals surface area contributed by atoms with Crippen LogP contribution in [-0.2, 0) is 9.47 Å². The van der Waals surface area contributed by atoms with Crippen molar-refractivity contribution in [3.8, 4) is 0 Å². The van der Waals surface area contributed by atoms with Gasteiger partial charge in [-0.2, -0.15) is 11.8 Å². The summed E-state index contributed by atoms with van der Waals surface area (Å²) < 4.78 is 9.88. The molecule has 0 radical (unpaired) electrons. The Morgan fingerprint density at radius 1 is 1.64 bits per heavy atom. The number of amides is 1. The first-order valence-electron chi connectivity index (χ1n) is 4.87. The van der Waals surface area contributed by atoms with Crippen LogP contribution in [0.3, 0.4) is 0 Å². The topological polar surface area (TPSA) is 61.6 Å². The van der Waals surface area contributed by atoms with Crippen LogP contribution in [0.15, 0.2) is 0 Å². The average molecular weight is 219 g/mol. The van der Waals surface area contributed by atoms with Crippen LogP contribution in [0.25, 0.3) is 0 Å². The zero-order valence-corrected chi connectivity index (χ0v) is 9.05. The summed E-state index contributed by atoms with van der Waals surface area (Å²) in [6.07, 6.45) is 1.38. The maximum absolute atomic E-state index is 10.2. The highest BCUT2D eigenvalue weighted by atomic mass is 32.2. The molecule has 1 unspecified atom stereocenters. The Labute approximate surface area is 88.5 Å². The van der Waals surface area contributed by atoms with Crippen molar-refractivity contribution in [1.82, 2.24) is 0 Å². The van der Waals surface area contributed by atoms with Gasteiger partial charge in [0, 0.05) is 6.61 Å². The first kappa shape index (κ1) is 11.7. The van der Waals surface area contributed by atoms with E-state index < -0.39 is 6.09 Å². The largest absolute Gasteiger partial charge is 0.450 e. The molecule has 0 spiro atoms. The molecule has 0 saturated carbocycles. The number of hydrogen-bond acceptors (Lipinski definition) is 4. The normalized spacial score (nSPS) is 21.0. The summed E-state index contributed by atoms with van der Waals surface area (Å²) in [5.41, 5.74) is 4.82. The lowest BCUT2D eigenvalue weighted by molar-refractivity contribution is 0.157. The van der Waals surface area contributed by atoms with E-state index >= 15 is 0 Å². The highest BCUT2D eigenvalue weighted by molar-refractivity contribution is 7.99. The maximum atomic E-state index is 10.2. The van der Waals surface area contributed by atoms with Crippen molar-refractivity contribution in [2.75, 3.05) is 31.3 Å². The third-order valence-electron chi connectivity index (χ3n) is 2.05. The minimum atomic E-state index is -0.681. The van der Waals surface area contributed by atoms with E-state index in [-0.39, 0.29) is 0 Å². The second kappa shape index (κ2) is 6.95. The molecule has 1 amide bonds. The van der Waals surface area contributed by atoms with Gasteiger partial charge in [0.15, 0.2) is 0 Å². The van der Waals surface area contributed by atoms with Gasteiger partial charge in [-0.1, -0.05) is 0 Å². The minimum Gasteiger partial charge on any atom is -0.450 e. The molecular formula is C9H17NO3S. The lowest BCUT2D eigenvalue weighted by Crippen LogP contribution is -2.14. The molecule has 0 bridgehead atoms. The van der Waals surface area contributed by atoms with Gasteiger partial charge >= 0.3 is 6.09 Å². The van der Waals surface area contributed by atoms with Crippen LogP contribution < -0.4 is 5.73 Å². The van der Waals surface area contributed by atoms with Gasteiger partial charge < -0.3 is 15.2 Å². The van der Waals surface area contributed by atoms with E-state index in [4.69, 9.17) is 10.5 Å². The molecule has 1 fully saturated rings. The number of thioether (sulfide) groups is 1. The fourth-order valence-electron chi connectivity index (χ4n) is 1.30. The SMILES string of the molecule is NC(=O)OCCCSCC1CCOC1. The fraction of sp³-hybridized carbons (Fsp3) is 0.889. The Morgan fingerprint density at radius 2 is 2.50 bits per heavy atom. The number of rotatable bonds is 6. The number of carbonyl (C=O) groups is 1. The van der Waals surface area contributed by atoms with Gasteiger partial charge in [-0.15, -0.1) is 0 Å². The van der Waals surface area contributed by atoms with Crippen molar-refractivity contribution in [2.24, 2.45) is 11.7 Å². The summed E-state index contributed by atoms with van der Waals surface area (Å²) >= 11 is 1.89. The van der Waals surface area contributed by atoms with E-state index in [1.807, 2.05) is 11.8 Å². The zero-order valence-electron chi connectivity index (χ0n) is 8.24. The molecule has 14 heavy (non-hydrogen) atoms. The number of carbonyl (C=O) groups excluding carboxylic acids is 1. The van der Waals surface area contributed by atoms with Gasteiger partial charge in [-0.25, -0.2) is 4.79 Å². The van der Waals surface area contributed by atoms with E-state index in [9.17, 15) is 4.79 Å². The molecule has 0 aromatic heterocycles. The Kier molecular flexibility index (Phi) is 5.78. The zero-order chi connectivity index (χ0) is 10.2. The van der Waals surface area contributed by atoms with Gasteiger partial charge in [-0.3, -0.25) is 0 Å². The molecule has 1 aliphatic rings. The van der Waals surface area contributed by atoms with E-state index in [2.05, 4.69) is 4.74 Å². The Bertz CT molecular complexity index is 171. The predicted octanol–water partition coefficient (Wildman–Crippen LogP) is 1.24. The fourth-order valence-corrected chi connectivity index (χ4v) is 2.38. The average Bonchev–Trinajstić information content (AvgIpc) is 2.63. The molecule has 1 heterocycles. The first-order chi connectivity index (χ1) is 6.79. The van der Waals surface area contributed by atoms with Gasteiger partial charge in [0.2, 0.25) is 0 Å². The van der Waals surface area contributed by atoms with Gasteiger partial charge in [0.25, 0.3) is 0 Å². The van der Waals surface area contributed by atoms with Crippen LogP contribution in [0.4, 0.5) is 4.79 Å². The summed E-state index contributed by atoms with van der Waals surface area (Å²) in [6.45, 7) is 2.25. The van der Waals surface area contributed by atoms with E-state index in [1.165, 1.54) is 6.42 Å². The van der Waals surface area contributed by atoms with Crippen LogP contribution in [0.1, 0.15) is 12.8 Å². The highest BCUT2D eigenvalue weighted by Crippen LogP contribution is 2.18. The predicted molar refractivity (Wildman–Crippen MR) is 56.4 cm³/mol. The van der Waals surface area contributed by atoms with Gasteiger partial charge in [-0.05, 0) is 30.3 Å². The van der Waals surface area contributed by atoms with Crippen molar-refractivity contribution in [3.05, 3.63) is 0 Å². The summed E-state index contributed by atoms with van der Waals surface area (Å²) in [5.74, 6) is 2.89. The van der Waals surface area contributed by atoms with Crippen molar-refractivity contribution in [3.63, 3.8) is 0 Å². The number of ether oxygens (including phenoxy) is 2. The molecule has 5 heteroatoms. The molecule has 1 saturated heterocycles. The molecular weight excluding hydrogens is 202 g/mol. The minimum absolute atomic E-state index is 0.434. The second-order valence-electron chi connectivity index (χ2n) is 3.33. The number of nitrogens with two attached hydrogens (primary N) is 1. The quantitative estimate of drug-likeness (QED) is 0.683. The van der Waals surface area contributed by atoms with Crippen molar-refractivity contribution >= 4 is 17.9 Å². The summed E-state index contributed by atoms with van der Waals surface area (Å²) in [6, 6.07) is 0. The van der Waals surface area contributed by atoms with E-state index in [0.29, 0.717) is 6.61 Å². The van der Waals surface area contributed by atoms with Crippen molar-refractivity contribution in [1.29, 1.82) is 0 Å². The standard InChI is InChI=1S/C9H17NO3S/c10-9(11)13-3-1-5-14-7-8-2-4-12-6-8/h8H,1-7H2,(H2,10,11). The van der Waals surface area contributed by atoms with Crippen LogP contribution in [-0.4, -0.2) is 37.4 Å². The molecule has 0 aromatic rings. The monoisotopic (exact) mass is 219 g/mol. The van der Waals surface area contributed by atoms with Crippen LogP contribution in [0.2, 0.25) is 0 Å². The lowest BCUT2D eigenvalue weighted by Gasteiger charge is -2.06. The first-order valence-corrected chi connectivity index (χ1v) is 6.02. The second-order valence-corrected chi connectivity index (χ2v) is 4.48. The molecule has 2 N–H and O–H groups in total. The van der Waals surface area contributed by atoms with Crippen LogP contribution >= 0.6 is 11.8 Å². The van der Waals surface area contributed by atoms with Gasteiger partial charge in [0.05, 0.1) is 13.2 Å². The molecule has 4 nitrogen and oxygen atoms in total. The van der Waals surface area contributed by atoms with Crippen molar-refractivity contribution in [2.45, 2.75) is 12.8 Å². The third-order valence-corrected chi connectivity index (χ3v) is 3.34. The van der Waals surface area contributed by atoms with Crippen LogP contribution in [0.5, 0.6) is 0 Å². The van der Waals surface area contributed by atoms with Crippen LogP contribution in [0, 0.1) is 5.92 Å². The van der Waals surface area contributed by atoms with E-state index in [1.54, 1.807) is 0 Å². The maximum Gasteiger partial charge on any atom is 0.404 e. The smallest absolute Gasteiger partial charge is 0.404 e. The summed E-state index contributed by atoms with van der Waals surface area (Å²) in [5, 5.41) is 0. The number of hydrogen-bond donors (Lipinski definition) is 1. The van der Waals surface area contributed by atoms with Gasteiger partial charge in [0.1, 0.15) is 0 Å². The van der Waals surface area contributed by atoms with E-state index in [0.717, 1.165) is 37.1 Å². The molecule has 0 aromatic carbocycles. The molecule has 1 rings (SSSR count). The Hall–Kier alpha value is -0.420. The molecule has 82 valence electrons.